The van der Waals surface area contributed by atoms with Crippen molar-refractivity contribution < 1.29 is 0 Å². The van der Waals surface area contributed by atoms with Crippen molar-refractivity contribution in [3.05, 3.63) is 20.8 Å². The van der Waals surface area contributed by atoms with E-state index in [2.05, 4.69) is 27.4 Å². The number of nitrogens with two attached hydrogens (primary N) is 1. The average molecular weight is 246 g/mol. The molecule has 12 heavy (non-hydrogen) atoms. The van der Waals surface area contributed by atoms with E-state index in [1.54, 1.807) is 11.3 Å². The topological polar surface area (TPSA) is 26.0 Å². The van der Waals surface area contributed by atoms with E-state index in [9.17, 15) is 0 Å². The fourth-order valence-corrected chi connectivity index (χ4v) is 2.81. The van der Waals surface area contributed by atoms with Crippen LogP contribution in [0, 0.1) is 5.92 Å². The van der Waals surface area contributed by atoms with Crippen LogP contribution < -0.4 is 5.73 Å². The maximum atomic E-state index is 6.04. The van der Waals surface area contributed by atoms with E-state index in [1.807, 2.05) is 0 Å². The van der Waals surface area contributed by atoms with Gasteiger partial charge >= 0.3 is 0 Å². The van der Waals surface area contributed by atoms with E-state index in [-0.39, 0.29) is 6.04 Å². The molecule has 1 saturated carbocycles. The predicted molar refractivity (Wildman–Crippen MR) is 56.3 cm³/mol. The second-order valence-corrected chi connectivity index (χ2v) is 5.31. The minimum Gasteiger partial charge on any atom is -0.323 e. The molecule has 1 aromatic heterocycles. The van der Waals surface area contributed by atoms with Crippen LogP contribution >= 0.6 is 27.3 Å². The fourth-order valence-electron chi connectivity index (χ4n) is 1.35. The largest absolute Gasteiger partial charge is 0.323 e. The molecule has 3 heteroatoms. The van der Waals surface area contributed by atoms with Gasteiger partial charge in [-0.1, -0.05) is 12.8 Å². The molecule has 0 aromatic carbocycles. The quantitative estimate of drug-likeness (QED) is 0.869. The molecule has 1 fully saturated rings. The molecule has 2 rings (SSSR count). The maximum absolute atomic E-state index is 6.04. The second kappa shape index (κ2) is 3.48. The van der Waals surface area contributed by atoms with Crippen molar-refractivity contribution in [2.45, 2.75) is 25.3 Å². The van der Waals surface area contributed by atoms with Gasteiger partial charge in [0.15, 0.2) is 0 Å². The average Bonchev–Trinajstić information content (AvgIpc) is 2.72. The van der Waals surface area contributed by atoms with Gasteiger partial charge in [0.1, 0.15) is 0 Å². The van der Waals surface area contributed by atoms with E-state index in [0.29, 0.717) is 0 Å². The SMILES string of the molecule is N[C@H](CC1CC1)c1cc(Br)cs1. The van der Waals surface area contributed by atoms with Crippen molar-refractivity contribution in [2.75, 3.05) is 0 Å². The summed E-state index contributed by atoms with van der Waals surface area (Å²) in [6.45, 7) is 0. The van der Waals surface area contributed by atoms with Crippen LogP contribution in [-0.4, -0.2) is 0 Å². The molecule has 1 atom stereocenters. The molecule has 1 aliphatic rings. The lowest BCUT2D eigenvalue weighted by Gasteiger charge is -2.06. The zero-order chi connectivity index (χ0) is 8.55. The molecule has 0 spiro atoms. The minimum atomic E-state index is 0.272. The highest BCUT2D eigenvalue weighted by Crippen LogP contribution is 2.38. The van der Waals surface area contributed by atoms with E-state index in [1.165, 1.54) is 24.1 Å². The molecule has 0 bridgehead atoms. The fraction of sp³-hybridized carbons (Fsp3) is 0.556. The van der Waals surface area contributed by atoms with Crippen molar-refractivity contribution >= 4 is 27.3 Å². The first-order valence-corrected chi connectivity index (χ1v) is 5.92. The highest BCUT2D eigenvalue weighted by atomic mass is 79.9. The Kier molecular flexibility index (Phi) is 2.53. The summed E-state index contributed by atoms with van der Waals surface area (Å²) < 4.78 is 1.16. The number of thiophene rings is 1. The molecule has 0 unspecified atom stereocenters. The van der Waals surface area contributed by atoms with Gasteiger partial charge in [-0.15, -0.1) is 11.3 Å². The van der Waals surface area contributed by atoms with Crippen molar-refractivity contribution in [1.82, 2.24) is 0 Å². The molecule has 1 heterocycles. The molecule has 1 aromatic rings. The van der Waals surface area contributed by atoms with Crippen LogP contribution in [0.5, 0.6) is 0 Å². The van der Waals surface area contributed by atoms with E-state index in [4.69, 9.17) is 5.73 Å². The van der Waals surface area contributed by atoms with Gasteiger partial charge < -0.3 is 5.73 Å². The Balaban J connectivity index is 1.97. The van der Waals surface area contributed by atoms with Gasteiger partial charge in [-0.3, -0.25) is 0 Å². The van der Waals surface area contributed by atoms with Crippen LogP contribution in [0.2, 0.25) is 0 Å². The highest BCUT2D eigenvalue weighted by Gasteiger charge is 2.24. The van der Waals surface area contributed by atoms with Gasteiger partial charge in [0.25, 0.3) is 0 Å². The molecular weight excluding hydrogens is 234 g/mol. The molecule has 0 radical (unpaired) electrons. The lowest BCUT2D eigenvalue weighted by molar-refractivity contribution is 0.605. The highest BCUT2D eigenvalue weighted by molar-refractivity contribution is 9.10. The zero-order valence-corrected chi connectivity index (χ0v) is 9.20. The molecule has 1 aliphatic carbocycles. The predicted octanol–water partition coefficient (Wildman–Crippen LogP) is 3.31. The lowest BCUT2D eigenvalue weighted by Crippen LogP contribution is -2.08. The van der Waals surface area contributed by atoms with Crippen LogP contribution in [0.3, 0.4) is 0 Å². The van der Waals surface area contributed by atoms with E-state index < -0.39 is 0 Å². The summed E-state index contributed by atoms with van der Waals surface area (Å²) in [4.78, 5) is 1.31. The summed E-state index contributed by atoms with van der Waals surface area (Å²) in [5.74, 6) is 0.917. The molecule has 1 nitrogen and oxygen atoms in total. The van der Waals surface area contributed by atoms with Gasteiger partial charge in [-0.2, -0.15) is 0 Å². The van der Waals surface area contributed by atoms with Gasteiger partial charge in [0.05, 0.1) is 0 Å². The first-order chi connectivity index (χ1) is 5.75. The Morgan fingerprint density at radius 2 is 2.42 bits per heavy atom. The first kappa shape index (κ1) is 8.73. The molecule has 0 saturated heterocycles. The maximum Gasteiger partial charge on any atom is 0.0392 e. The summed E-state index contributed by atoms with van der Waals surface area (Å²) in [6.07, 6.45) is 3.95. The Labute approximate surface area is 85.1 Å². The summed E-state index contributed by atoms with van der Waals surface area (Å²) >= 11 is 5.19. The van der Waals surface area contributed by atoms with Crippen LogP contribution in [0.4, 0.5) is 0 Å². The summed E-state index contributed by atoms with van der Waals surface area (Å²) in [6, 6.07) is 2.41. The third-order valence-electron chi connectivity index (χ3n) is 2.24. The van der Waals surface area contributed by atoms with Crippen molar-refractivity contribution in [3.63, 3.8) is 0 Å². The van der Waals surface area contributed by atoms with Crippen molar-refractivity contribution in [3.8, 4) is 0 Å². The van der Waals surface area contributed by atoms with Crippen LogP contribution in [-0.2, 0) is 0 Å². The number of rotatable bonds is 3. The zero-order valence-electron chi connectivity index (χ0n) is 6.79. The van der Waals surface area contributed by atoms with Crippen molar-refractivity contribution in [1.29, 1.82) is 0 Å². The van der Waals surface area contributed by atoms with Gasteiger partial charge in [0, 0.05) is 20.8 Å². The van der Waals surface area contributed by atoms with Gasteiger partial charge in [0.2, 0.25) is 0 Å². The second-order valence-electron chi connectivity index (χ2n) is 3.45. The Morgan fingerprint density at radius 1 is 1.67 bits per heavy atom. The number of hydrogen-bond acceptors (Lipinski definition) is 2. The van der Waals surface area contributed by atoms with Crippen LogP contribution in [0.15, 0.2) is 15.9 Å². The van der Waals surface area contributed by atoms with E-state index >= 15 is 0 Å². The van der Waals surface area contributed by atoms with Crippen LogP contribution in [0.25, 0.3) is 0 Å². The molecule has 0 amide bonds. The smallest absolute Gasteiger partial charge is 0.0392 e. The van der Waals surface area contributed by atoms with Gasteiger partial charge in [-0.25, -0.2) is 0 Å². The summed E-state index contributed by atoms with van der Waals surface area (Å²) in [5.41, 5.74) is 6.04. The summed E-state index contributed by atoms with van der Waals surface area (Å²) in [7, 11) is 0. The third kappa shape index (κ3) is 2.09. The normalized spacial score (nSPS) is 19.5. The molecule has 0 aliphatic heterocycles. The Morgan fingerprint density at radius 3 is 2.92 bits per heavy atom. The van der Waals surface area contributed by atoms with E-state index in [0.717, 1.165) is 10.4 Å². The van der Waals surface area contributed by atoms with Gasteiger partial charge in [-0.05, 0) is 34.3 Å². The third-order valence-corrected chi connectivity index (χ3v) is 4.06. The molecular formula is C9H12BrNS. The number of halogens is 1. The Bertz CT molecular complexity index is 267. The minimum absolute atomic E-state index is 0.272. The molecule has 2 N–H and O–H groups in total. The lowest BCUT2D eigenvalue weighted by atomic mass is 10.1. The number of hydrogen-bond donors (Lipinski definition) is 1. The van der Waals surface area contributed by atoms with Crippen molar-refractivity contribution in [2.24, 2.45) is 11.7 Å². The summed E-state index contributed by atoms with van der Waals surface area (Å²) in [5, 5.41) is 2.10. The van der Waals surface area contributed by atoms with Crippen LogP contribution in [0.1, 0.15) is 30.2 Å². The standard InChI is InChI=1S/C9H12BrNS/c10-7-4-9(12-5-7)8(11)3-6-1-2-6/h4-6,8H,1-3,11H2/t8-/m1/s1. The monoisotopic (exact) mass is 245 g/mol. The first-order valence-electron chi connectivity index (χ1n) is 4.25. The Hall–Kier alpha value is 0.140. The molecule has 66 valence electrons.